The quantitative estimate of drug-likeness (QED) is 0.601. The van der Waals surface area contributed by atoms with Crippen LogP contribution < -0.4 is 5.32 Å². The maximum atomic E-state index is 11.4. The number of carbonyl (C=O) groups is 1. The molecule has 0 aliphatic carbocycles. The molecule has 0 radical (unpaired) electrons. The van der Waals surface area contributed by atoms with Crippen molar-refractivity contribution in [3.05, 3.63) is 29.3 Å². The van der Waals surface area contributed by atoms with Crippen LogP contribution in [0.15, 0.2) is 18.2 Å². The Kier molecular flexibility index (Phi) is 3.75. The van der Waals surface area contributed by atoms with Gasteiger partial charge >= 0.3 is 5.97 Å². The second kappa shape index (κ2) is 5.06. The Labute approximate surface area is 89.4 Å². The van der Waals surface area contributed by atoms with E-state index in [2.05, 4.69) is 16.0 Å². The van der Waals surface area contributed by atoms with Gasteiger partial charge in [0.2, 0.25) is 0 Å². The fourth-order valence-corrected chi connectivity index (χ4v) is 1.30. The lowest BCUT2D eigenvalue weighted by atomic mass is 10.1. The largest absolute Gasteiger partial charge is 0.465 e. The molecule has 0 saturated carbocycles. The van der Waals surface area contributed by atoms with Crippen molar-refractivity contribution in [1.29, 1.82) is 0 Å². The van der Waals surface area contributed by atoms with E-state index in [-0.39, 0.29) is 5.97 Å². The smallest absolute Gasteiger partial charge is 0.338 e. The number of benzene rings is 1. The van der Waals surface area contributed by atoms with Crippen LogP contribution in [0, 0.1) is 19.3 Å². The van der Waals surface area contributed by atoms with E-state index >= 15 is 0 Å². The predicted octanol–water partition coefficient (Wildman–Crippen LogP) is 1.83. The number of nitrogens with one attached hydrogen (secondary N) is 1. The van der Waals surface area contributed by atoms with Gasteiger partial charge in [-0.1, -0.05) is 12.0 Å². The minimum atomic E-state index is -0.336. The first-order chi connectivity index (χ1) is 7.20. The minimum absolute atomic E-state index is 0.336. The summed E-state index contributed by atoms with van der Waals surface area (Å²) in [4.78, 5) is 11.4. The van der Waals surface area contributed by atoms with Crippen molar-refractivity contribution in [3.8, 4) is 12.3 Å². The monoisotopic (exact) mass is 203 g/mol. The highest BCUT2D eigenvalue weighted by Gasteiger charge is 2.10. The minimum Gasteiger partial charge on any atom is -0.465 e. The zero-order valence-corrected chi connectivity index (χ0v) is 8.83. The molecule has 1 N–H and O–H groups in total. The zero-order valence-electron chi connectivity index (χ0n) is 8.83. The van der Waals surface area contributed by atoms with Gasteiger partial charge in [0.25, 0.3) is 0 Å². The van der Waals surface area contributed by atoms with E-state index in [0.717, 1.165) is 11.3 Å². The topological polar surface area (TPSA) is 38.3 Å². The molecule has 3 nitrogen and oxygen atoms in total. The molecule has 15 heavy (non-hydrogen) atoms. The lowest BCUT2D eigenvalue weighted by Gasteiger charge is -2.10. The lowest BCUT2D eigenvalue weighted by Crippen LogP contribution is -2.07. The van der Waals surface area contributed by atoms with Gasteiger partial charge in [0.05, 0.1) is 19.2 Å². The zero-order chi connectivity index (χ0) is 11.3. The van der Waals surface area contributed by atoms with Gasteiger partial charge in [-0.2, -0.15) is 0 Å². The Hall–Kier alpha value is -1.95. The van der Waals surface area contributed by atoms with Crippen LogP contribution in [-0.4, -0.2) is 19.6 Å². The molecular formula is C12H13NO2. The Morgan fingerprint density at radius 3 is 2.93 bits per heavy atom. The Morgan fingerprint density at radius 2 is 2.33 bits per heavy atom. The number of rotatable bonds is 3. The number of hydrogen-bond donors (Lipinski definition) is 1. The number of hydrogen-bond acceptors (Lipinski definition) is 3. The number of methoxy groups -OCH3 is 1. The van der Waals surface area contributed by atoms with Crippen LogP contribution >= 0.6 is 0 Å². The number of terminal acetylenes is 1. The molecule has 0 bridgehead atoms. The van der Waals surface area contributed by atoms with Crippen molar-refractivity contribution in [2.75, 3.05) is 19.0 Å². The van der Waals surface area contributed by atoms with Crippen LogP contribution in [0.1, 0.15) is 15.9 Å². The summed E-state index contributed by atoms with van der Waals surface area (Å²) in [7, 11) is 1.36. The Balaban J connectivity index is 3.01. The fourth-order valence-electron chi connectivity index (χ4n) is 1.30. The summed E-state index contributed by atoms with van der Waals surface area (Å²) >= 11 is 0. The number of carbonyl (C=O) groups excluding carboxylic acids is 1. The molecule has 1 aromatic rings. The van der Waals surface area contributed by atoms with E-state index in [0.29, 0.717) is 12.1 Å². The summed E-state index contributed by atoms with van der Waals surface area (Å²) in [5.41, 5.74) is 2.26. The van der Waals surface area contributed by atoms with Crippen LogP contribution in [0.4, 0.5) is 5.69 Å². The van der Waals surface area contributed by atoms with Crippen LogP contribution in [0.25, 0.3) is 0 Å². The third-order valence-corrected chi connectivity index (χ3v) is 2.12. The van der Waals surface area contributed by atoms with Crippen molar-refractivity contribution in [2.24, 2.45) is 0 Å². The predicted molar refractivity (Wildman–Crippen MR) is 59.8 cm³/mol. The summed E-state index contributed by atoms with van der Waals surface area (Å²) in [5.74, 6) is 2.14. The summed E-state index contributed by atoms with van der Waals surface area (Å²) < 4.78 is 4.67. The van der Waals surface area contributed by atoms with Gasteiger partial charge in [-0.3, -0.25) is 0 Å². The molecular weight excluding hydrogens is 190 g/mol. The van der Waals surface area contributed by atoms with Crippen molar-refractivity contribution in [2.45, 2.75) is 6.92 Å². The standard InChI is InChI=1S/C12H13NO2/c1-4-8-13-11-7-5-6-10(9(11)2)12(14)15-3/h1,5-7,13H,8H2,2-3H3. The maximum Gasteiger partial charge on any atom is 0.338 e. The number of esters is 1. The average molecular weight is 203 g/mol. The van der Waals surface area contributed by atoms with Crippen molar-refractivity contribution < 1.29 is 9.53 Å². The second-order valence-electron chi connectivity index (χ2n) is 3.03. The molecule has 0 aliphatic rings. The van der Waals surface area contributed by atoms with E-state index < -0.39 is 0 Å². The van der Waals surface area contributed by atoms with Gasteiger partial charge in [-0.15, -0.1) is 6.42 Å². The first-order valence-electron chi connectivity index (χ1n) is 4.56. The van der Waals surface area contributed by atoms with Gasteiger partial charge in [0.15, 0.2) is 0 Å². The molecule has 78 valence electrons. The van der Waals surface area contributed by atoms with Gasteiger partial charge in [-0.25, -0.2) is 4.79 Å². The molecule has 0 aliphatic heterocycles. The molecule has 0 fully saturated rings. The second-order valence-corrected chi connectivity index (χ2v) is 3.03. The average Bonchev–Trinajstić information content (AvgIpc) is 2.27. The number of ether oxygens (including phenoxy) is 1. The van der Waals surface area contributed by atoms with E-state index in [1.54, 1.807) is 12.1 Å². The van der Waals surface area contributed by atoms with Gasteiger partial charge in [0, 0.05) is 5.69 Å². The van der Waals surface area contributed by atoms with Crippen molar-refractivity contribution >= 4 is 11.7 Å². The van der Waals surface area contributed by atoms with Gasteiger partial charge < -0.3 is 10.1 Å². The first kappa shape index (κ1) is 11.1. The third kappa shape index (κ3) is 2.50. The Bertz CT molecular complexity index is 405. The Morgan fingerprint density at radius 1 is 1.60 bits per heavy atom. The van der Waals surface area contributed by atoms with Gasteiger partial charge in [0.1, 0.15) is 0 Å². The van der Waals surface area contributed by atoms with Gasteiger partial charge in [-0.05, 0) is 24.6 Å². The van der Waals surface area contributed by atoms with Crippen LogP contribution in [0.2, 0.25) is 0 Å². The molecule has 1 aromatic carbocycles. The highest BCUT2D eigenvalue weighted by Crippen LogP contribution is 2.19. The van der Waals surface area contributed by atoms with E-state index in [1.807, 2.05) is 13.0 Å². The van der Waals surface area contributed by atoms with Crippen LogP contribution in [0.3, 0.4) is 0 Å². The molecule has 0 heterocycles. The highest BCUT2D eigenvalue weighted by molar-refractivity contribution is 5.92. The van der Waals surface area contributed by atoms with E-state index in [9.17, 15) is 4.79 Å². The molecule has 0 atom stereocenters. The van der Waals surface area contributed by atoms with Crippen LogP contribution in [-0.2, 0) is 4.74 Å². The third-order valence-electron chi connectivity index (χ3n) is 2.12. The molecule has 0 unspecified atom stereocenters. The summed E-state index contributed by atoms with van der Waals surface area (Å²) in [6, 6.07) is 5.39. The summed E-state index contributed by atoms with van der Waals surface area (Å²) in [6.45, 7) is 2.29. The molecule has 0 saturated heterocycles. The normalized spacial score (nSPS) is 9.13. The van der Waals surface area contributed by atoms with E-state index in [4.69, 9.17) is 6.42 Å². The van der Waals surface area contributed by atoms with Crippen molar-refractivity contribution in [1.82, 2.24) is 0 Å². The molecule has 0 aromatic heterocycles. The maximum absolute atomic E-state index is 11.4. The molecule has 1 rings (SSSR count). The highest BCUT2D eigenvalue weighted by atomic mass is 16.5. The number of anilines is 1. The summed E-state index contributed by atoms with van der Waals surface area (Å²) in [5, 5.41) is 3.04. The van der Waals surface area contributed by atoms with Crippen LogP contribution in [0.5, 0.6) is 0 Å². The van der Waals surface area contributed by atoms with Crippen molar-refractivity contribution in [3.63, 3.8) is 0 Å². The molecule has 0 amide bonds. The summed E-state index contributed by atoms with van der Waals surface area (Å²) in [6.07, 6.45) is 5.15. The fraction of sp³-hybridized carbons (Fsp3) is 0.250. The molecule has 3 heteroatoms. The van der Waals surface area contributed by atoms with E-state index in [1.165, 1.54) is 7.11 Å². The SMILES string of the molecule is C#CCNc1cccc(C(=O)OC)c1C. The lowest BCUT2D eigenvalue weighted by molar-refractivity contribution is 0.0600. The molecule has 0 spiro atoms. The first-order valence-corrected chi connectivity index (χ1v) is 4.56.